The summed E-state index contributed by atoms with van der Waals surface area (Å²) in [5.41, 5.74) is 1.66. The number of carbonyl (C=O) groups excluding carboxylic acids is 2. The Morgan fingerprint density at radius 3 is 2.00 bits per heavy atom. The quantitative estimate of drug-likeness (QED) is 0.486. The minimum absolute atomic E-state index is 0.0861. The summed E-state index contributed by atoms with van der Waals surface area (Å²) < 4.78 is 4.90. The normalized spacial score (nSPS) is 12.1. The number of carbonyl (C=O) groups is 2. The summed E-state index contributed by atoms with van der Waals surface area (Å²) in [4.78, 5) is 24.1. The molecular weight excluding hydrogens is 263 g/mol. The van der Waals surface area contributed by atoms with E-state index in [1.165, 1.54) is 7.11 Å². The average molecular weight is 288 g/mol. The maximum absolute atomic E-state index is 12.1. The molecule has 0 atom stereocenters. The van der Waals surface area contributed by atoms with Gasteiger partial charge < -0.3 is 4.74 Å². The van der Waals surface area contributed by atoms with Gasteiger partial charge in [0.2, 0.25) is 0 Å². The fraction of sp³-hybridized carbons (Fsp3) is 0.529. The van der Waals surface area contributed by atoms with Crippen molar-refractivity contribution in [3.63, 3.8) is 0 Å². The second-order valence-electron chi connectivity index (χ2n) is 6.94. The third kappa shape index (κ3) is 3.75. The molecule has 1 aromatic rings. The number of ketones is 1. The van der Waals surface area contributed by atoms with E-state index in [1.54, 1.807) is 0 Å². The van der Waals surface area contributed by atoms with Crippen LogP contribution in [0.3, 0.4) is 0 Å². The van der Waals surface area contributed by atoms with Gasteiger partial charge in [-0.3, -0.25) is 9.59 Å². The smallest absolute Gasteiger partial charge is 0.315 e. The highest BCUT2D eigenvalue weighted by Gasteiger charge is 2.32. The maximum Gasteiger partial charge on any atom is 0.315 e. The van der Waals surface area contributed by atoms with Crippen LogP contribution in [0.5, 0.6) is 0 Å². The third-order valence-corrected chi connectivity index (χ3v) is 3.86. The number of benzene rings is 1. The van der Waals surface area contributed by atoms with Crippen LogP contribution in [0.1, 0.15) is 56.1 Å². The molecule has 1 aromatic carbocycles. The predicted octanol–water partition coefficient (Wildman–Crippen LogP) is 2.67. The lowest BCUT2D eigenvalue weighted by Crippen LogP contribution is -2.31. The first-order chi connectivity index (χ1) is 9.53. The highest BCUT2D eigenvalue weighted by Crippen LogP contribution is 2.31. The summed E-state index contributed by atoms with van der Waals surface area (Å²) in [5, 5.41) is 0. The van der Waals surface area contributed by atoms with Crippen molar-refractivity contribution in [2.24, 2.45) is 0 Å². The molecule has 1 rings (SSSR count). The Morgan fingerprint density at radius 2 is 1.57 bits per heavy atom. The average Bonchev–Trinajstić information content (AvgIpc) is 2.43. The first-order valence-corrected chi connectivity index (χ1v) is 7.31. The molecule has 0 saturated carbocycles. The number of rotatable bonds is 4. The zero-order valence-electron chi connectivity index (χ0n) is 14.2. The molecule has 0 spiro atoms. The van der Waals surface area contributed by atoms with Crippen LogP contribution in [-0.4, -0.2) is 26.7 Å². The van der Waals surface area contributed by atoms with E-state index in [4.69, 9.17) is 4.74 Å². The van der Waals surface area contributed by atoms with Crippen LogP contribution in [0.4, 0.5) is 0 Å². The van der Waals surface area contributed by atoms with Crippen molar-refractivity contribution >= 4 is 19.6 Å². The number of methoxy groups -OCH3 is 1. The minimum atomic E-state index is -0.779. The summed E-state index contributed by atoms with van der Waals surface area (Å²) in [6, 6.07) is 5.75. The van der Waals surface area contributed by atoms with E-state index in [-0.39, 0.29) is 17.2 Å². The molecule has 0 aliphatic carbocycles. The van der Waals surface area contributed by atoms with Gasteiger partial charge in [0.25, 0.3) is 0 Å². The first kappa shape index (κ1) is 17.5. The van der Waals surface area contributed by atoms with Crippen molar-refractivity contribution in [2.75, 3.05) is 7.11 Å². The molecule has 4 heteroatoms. The zero-order valence-corrected chi connectivity index (χ0v) is 14.2. The van der Waals surface area contributed by atoms with Gasteiger partial charge in [0.05, 0.1) is 12.5 Å². The van der Waals surface area contributed by atoms with Crippen LogP contribution in [-0.2, 0) is 20.4 Å². The second-order valence-corrected chi connectivity index (χ2v) is 6.94. The van der Waals surface area contributed by atoms with Crippen LogP contribution in [0, 0.1) is 0 Å². The summed E-state index contributed by atoms with van der Waals surface area (Å²) in [7, 11) is 3.23. The van der Waals surface area contributed by atoms with Gasteiger partial charge in [-0.1, -0.05) is 26.8 Å². The number of ether oxygens (including phenoxy) is 1. The van der Waals surface area contributed by atoms with Gasteiger partial charge in [0.1, 0.15) is 7.85 Å². The fourth-order valence-corrected chi connectivity index (χ4v) is 2.16. The van der Waals surface area contributed by atoms with Gasteiger partial charge in [-0.25, -0.2) is 0 Å². The largest absolute Gasteiger partial charge is 0.468 e. The maximum atomic E-state index is 12.1. The molecule has 0 aliphatic rings. The molecule has 0 bridgehead atoms. The Hall–Kier alpha value is -1.58. The van der Waals surface area contributed by atoms with Crippen LogP contribution in [0.25, 0.3) is 0 Å². The van der Waals surface area contributed by atoms with Crippen molar-refractivity contribution in [2.45, 2.75) is 51.8 Å². The van der Waals surface area contributed by atoms with E-state index < -0.39 is 5.41 Å². The Labute approximate surface area is 128 Å². The Balaban J connectivity index is 3.52. The van der Waals surface area contributed by atoms with Crippen LogP contribution >= 0.6 is 0 Å². The van der Waals surface area contributed by atoms with Crippen LogP contribution in [0.2, 0.25) is 6.32 Å². The number of hydrogen-bond donors (Lipinski definition) is 0. The van der Waals surface area contributed by atoms with Crippen molar-refractivity contribution in [1.29, 1.82) is 0 Å². The lowest BCUT2D eigenvalue weighted by Gasteiger charge is -2.27. The lowest BCUT2D eigenvalue weighted by atomic mass is 9.77. The molecule has 0 N–H and O–H groups in total. The van der Waals surface area contributed by atoms with E-state index in [0.29, 0.717) is 11.9 Å². The van der Waals surface area contributed by atoms with E-state index in [9.17, 15) is 9.59 Å². The monoisotopic (exact) mass is 288 g/mol. The highest BCUT2D eigenvalue weighted by molar-refractivity contribution is 6.24. The number of hydrogen-bond acceptors (Lipinski definition) is 3. The SMILES string of the molecule is BCC(=O)c1cc(C(C)(C)C)cc(C(C)(C)C(=O)OC)c1. The topological polar surface area (TPSA) is 43.4 Å². The second kappa shape index (κ2) is 6.04. The van der Waals surface area contributed by atoms with Crippen molar-refractivity contribution in [3.8, 4) is 0 Å². The summed E-state index contributed by atoms with van der Waals surface area (Å²) in [5.74, 6) is -0.216. The minimum Gasteiger partial charge on any atom is -0.468 e. The van der Waals surface area contributed by atoms with E-state index in [2.05, 4.69) is 20.8 Å². The third-order valence-electron chi connectivity index (χ3n) is 3.86. The number of Topliss-reactive ketones (excluding diaryl/α,β-unsaturated/α-hetero) is 1. The van der Waals surface area contributed by atoms with E-state index in [1.807, 2.05) is 39.9 Å². The lowest BCUT2D eigenvalue weighted by molar-refractivity contribution is -0.146. The summed E-state index contributed by atoms with van der Waals surface area (Å²) in [6.45, 7) is 9.92. The Morgan fingerprint density at radius 1 is 1.05 bits per heavy atom. The molecule has 21 heavy (non-hydrogen) atoms. The molecule has 0 radical (unpaired) electrons. The van der Waals surface area contributed by atoms with E-state index >= 15 is 0 Å². The summed E-state index contributed by atoms with van der Waals surface area (Å²) >= 11 is 0. The van der Waals surface area contributed by atoms with E-state index in [0.717, 1.165) is 11.1 Å². The molecule has 0 aromatic heterocycles. The van der Waals surface area contributed by atoms with Crippen LogP contribution < -0.4 is 0 Å². The molecule has 0 unspecified atom stereocenters. The standard InChI is InChI=1S/C17H25BO3/c1-16(2,3)12-7-11(14(19)10-18)8-13(9-12)17(4,5)15(20)21-6/h7-9H,10,18H2,1-6H3. The molecule has 0 fully saturated rings. The molecule has 0 aliphatic heterocycles. The van der Waals surface area contributed by atoms with Gasteiger partial charge in [0, 0.05) is 5.56 Å². The highest BCUT2D eigenvalue weighted by atomic mass is 16.5. The fourth-order valence-electron chi connectivity index (χ4n) is 2.16. The van der Waals surface area contributed by atoms with Crippen molar-refractivity contribution in [1.82, 2.24) is 0 Å². The van der Waals surface area contributed by atoms with Gasteiger partial charge >= 0.3 is 5.97 Å². The van der Waals surface area contributed by atoms with Crippen molar-refractivity contribution < 1.29 is 14.3 Å². The van der Waals surface area contributed by atoms with Crippen LogP contribution in [0.15, 0.2) is 18.2 Å². The molecule has 3 nitrogen and oxygen atoms in total. The Kier molecular flexibility index (Phi) is 5.03. The number of esters is 1. The zero-order chi connectivity index (χ0) is 16.4. The predicted molar refractivity (Wildman–Crippen MR) is 87.9 cm³/mol. The summed E-state index contributed by atoms with van der Waals surface area (Å²) in [6.07, 6.45) is 0.450. The molecule has 0 saturated heterocycles. The van der Waals surface area contributed by atoms with Gasteiger partial charge in [0.15, 0.2) is 5.78 Å². The Bertz CT molecular complexity index is 554. The molecular formula is C17H25BO3. The molecule has 0 heterocycles. The van der Waals surface area contributed by atoms with Gasteiger partial charge in [-0.05, 0) is 48.8 Å². The first-order valence-electron chi connectivity index (χ1n) is 7.31. The van der Waals surface area contributed by atoms with Crippen molar-refractivity contribution in [3.05, 3.63) is 34.9 Å². The van der Waals surface area contributed by atoms with Gasteiger partial charge in [-0.15, -0.1) is 0 Å². The van der Waals surface area contributed by atoms with Gasteiger partial charge in [-0.2, -0.15) is 0 Å². The molecule has 114 valence electrons. The molecule has 0 amide bonds.